The molecule has 4 rings (SSSR count). The Bertz CT molecular complexity index is 707. The van der Waals surface area contributed by atoms with Crippen LogP contribution in [0.25, 0.3) is 0 Å². The molecule has 2 saturated heterocycles. The van der Waals surface area contributed by atoms with Crippen LogP contribution in [0.4, 0.5) is 0 Å². The molecular weight excluding hydrogens is 326 g/mol. The van der Waals surface area contributed by atoms with E-state index in [1.54, 1.807) is 6.08 Å². The third-order valence-electron chi connectivity index (χ3n) is 7.77. The van der Waals surface area contributed by atoms with Gasteiger partial charge in [-0.05, 0) is 50.2 Å². The lowest BCUT2D eigenvalue weighted by Crippen LogP contribution is -2.54. The largest absolute Gasteiger partial charge is 0.352 e. The van der Waals surface area contributed by atoms with Crippen molar-refractivity contribution in [2.24, 2.45) is 28.6 Å². The van der Waals surface area contributed by atoms with Crippen LogP contribution in [-0.4, -0.2) is 24.8 Å². The van der Waals surface area contributed by atoms with E-state index < -0.39 is 5.41 Å². The van der Waals surface area contributed by atoms with Crippen LogP contribution in [0.3, 0.4) is 0 Å². The number of carbonyl (C=O) groups excluding carboxylic acids is 1. The minimum Gasteiger partial charge on any atom is -0.352 e. The molecular formula is C22H29NO3. The van der Waals surface area contributed by atoms with Gasteiger partial charge in [0.25, 0.3) is 0 Å². The van der Waals surface area contributed by atoms with Gasteiger partial charge in [-0.25, -0.2) is 0 Å². The molecule has 2 heterocycles. The van der Waals surface area contributed by atoms with E-state index in [-0.39, 0.29) is 29.5 Å². The molecule has 26 heavy (non-hydrogen) atoms. The molecule has 0 aromatic carbocycles. The SMILES string of the molecule is C=C(C)[C@@H]1C[C@@H](C)[C@](C)([C@@H]2C[C@@H]3CCO[C@@H]3O2)C2=CC(=O)CC[C@]21C#N. The van der Waals surface area contributed by atoms with Gasteiger partial charge in [-0.3, -0.25) is 4.79 Å². The van der Waals surface area contributed by atoms with Gasteiger partial charge in [-0.2, -0.15) is 5.26 Å². The lowest BCUT2D eigenvalue weighted by Gasteiger charge is -2.56. The molecule has 2 aliphatic heterocycles. The number of ketones is 1. The monoisotopic (exact) mass is 355 g/mol. The molecule has 0 aromatic heterocycles. The maximum absolute atomic E-state index is 12.4. The van der Waals surface area contributed by atoms with Crippen molar-refractivity contribution in [1.29, 1.82) is 5.26 Å². The number of hydrogen-bond donors (Lipinski definition) is 0. The van der Waals surface area contributed by atoms with Gasteiger partial charge in [0.2, 0.25) is 0 Å². The average Bonchev–Trinajstić information content (AvgIpc) is 3.20. The predicted octanol–water partition coefficient (Wildman–Crippen LogP) is 4.18. The van der Waals surface area contributed by atoms with E-state index in [1.165, 1.54) is 0 Å². The zero-order valence-corrected chi connectivity index (χ0v) is 16.1. The fourth-order valence-electron chi connectivity index (χ4n) is 6.05. The van der Waals surface area contributed by atoms with Crippen molar-refractivity contribution in [3.8, 4) is 6.07 Å². The fraction of sp³-hybridized carbons (Fsp3) is 0.727. The van der Waals surface area contributed by atoms with E-state index in [2.05, 4.69) is 26.5 Å². The third-order valence-corrected chi connectivity index (χ3v) is 7.77. The Morgan fingerprint density at radius 3 is 2.85 bits per heavy atom. The second-order valence-corrected chi connectivity index (χ2v) is 9.07. The van der Waals surface area contributed by atoms with E-state index in [9.17, 15) is 10.1 Å². The van der Waals surface area contributed by atoms with Gasteiger partial charge < -0.3 is 9.47 Å². The number of carbonyl (C=O) groups is 1. The van der Waals surface area contributed by atoms with Gasteiger partial charge in [0, 0.05) is 23.7 Å². The van der Waals surface area contributed by atoms with E-state index in [4.69, 9.17) is 9.47 Å². The highest BCUT2D eigenvalue weighted by Gasteiger charge is 2.62. The highest BCUT2D eigenvalue weighted by molar-refractivity contribution is 5.92. The molecule has 0 aromatic rings. The summed E-state index contributed by atoms with van der Waals surface area (Å²) in [4.78, 5) is 12.4. The zero-order valence-electron chi connectivity index (χ0n) is 16.1. The van der Waals surface area contributed by atoms with Crippen LogP contribution in [-0.2, 0) is 14.3 Å². The predicted molar refractivity (Wildman–Crippen MR) is 97.9 cm³/mol. The van der Waals surface area contributed by atoms with Gasteiger partial charge in [0.1, 0.15) is 0 Å². The molecule has 7 atom stereocenters. The lowest BCUT2D eigenvalue weighted by atomic mass is 9.46. The number of nitrogens with zero attached hydrogens (tertiary/aromatic N) is 1. The van der Waals surface area contributed by atoms with Crippen molar-refractivity contribution in [1.82, 2.24) is 0 Å². The number of hydrogen-bond acceptors (Lipinski definition) is 4. The van der Waals surface area contributed by atoms with Crippen molar-refractivity contribution >= 4 is 5.78 Å². The molecule has 4 nitrogen and oxygen atoms in total. The quantitative estimate of drug-likeness (QED) is 0.697. The van der Waals surface area contributed by atoms with Crippen LogP contribution >= 0.6 is 0 Å². The summed E-state index contributed by atoms with van der Waals surface area (Å²) in [5.41, 5.74) is 1.11. The van der Waals surface area contributed by atoms with E-state index in [0.717, 1.165) is 37.0 Å². The highest BCUT2D eigenvalue weighted by Crippen LogP contribution is 2.64. The van der Waals surface area contributed by atoms with Gasteiger partial charge in [-0.1, -0.05) is 26.0 Å². The topological polar surface area (TPSA) is 59.3 Å². The van der Waals surface area contributed by atoms with E-state index >= 15 is 0 Å². The molecule has 0 N–H and O–H groups in total. The number of nitriles is 1. The van der Waals surface area contributed by atoms with E-state index in [0.29, 0.717) is 24.7 Å². The van der Waals surface area contributed by atoms with Gasteiger partial charge in [0.05, 0.1) is 24.2 Å². The molecule has 4 aliphatic rings. The van der Waals surface area contributed by atoms with Crippen molar-refractivity contribution in [3.63, 3.8) is 0 Å². The van der Waals surface area contributed by atoms with Gasteiger partial charge in [-0.15, -0.1) is 0 Å². The Morgan fingerprint density at radius 2 is 2.19 bits per heavy atom. The highest BCUT2D eigenvalue weighted by atomic mass is 16.7. The first-order valence-electron chi connectivity index (χ1n) is 9.92. The van der Waals surface area contributed by atoms with Crippen LogP contribution in [0.1, 0.15) is 52.9 Å². The molecule has 2 aliphatic carbocycles. The molecule has 140 valence electrons. The van der Waals surface area contributed by atoms with Crippen LogP contribution < -0.4 is 0 Å². The number of allylic oxidation sites excluding steroid dienone is 2. The van der Waals surface area contributed by atoms with Crippen molar-refractivity contribution in [3.05, 3.63) is 23.8 Å². The molecule has 0 amide bonds. The molecule has 0 unspecified atom stereocenters. The van der Waals surface area contributed by atoms with Gasteiger partial charge >= 0.3 is 0 Å². The minimum absolute atomic E-state index is 0.00347. The Hall–Kier alpha value is -1.44. The third kappa shape index (κ3) is 2.30. The summed E-state index contributed by atoms with van der Waals surface area (Å²) in [5.74, 6) is 0.999. The number of rotatable bonds is 2. The minimum atomic E-state index is -0.622. The zero-order chi connectivity index (χ0) is 18.7. The first kappa shape index (κ1) is 17.9. The maximum atomic E-state index is 12.4. The first-order chi connectivity index (χ1) is 12.3. The molecule has 0 radical (unpaired) electrons. The summed E-state index contributed by atoms with van der Waals surface area (Å²) in [7, 11) is 0. The second kappa shape index (κ2) is 6.04. The normalized spacial score (nSPS) is 47.7. The molecule has 0 spiro atoms. The van der Waals surface area contributed by atoms with Crippen LogP contribution in [0, 0.1) is 39.9 Å². The number of fused-ring (bicyclic) bond motifs is 2. The fourth-order valence-corrected chi connectivity index (χ4v) is 6.05. The Kier molecular flexibility index (Phi) is 4.17. The number of ether oxygens (including phenoxy) is 2. The molecule has 3 fully saturated rings. The van der Waals surface area contributed by atoms with Crippen molar-refractivity contribution in [2.45, 2.75) is 65.3 Å². The molecule has 4 heteroatoms. The van der Waals surface area contributed by atoms with Crippen LogP contribution in [0.15, 0.2) is 23.8 Å². The Morgan fingerprint density at radius 1 is 1.42 bits per heavy atom. The Labute approximate surface area is 156 Å². The smallest absolute Gasteiger partial charge is 0.160 e. The average molecular weight is 355 g/mol. The maximum Gasteiger partial charge on any atom is 0.160 e. The van der Waals surface area contributed by atoms with E-state index in [1.807, 2.05) is 6.92 Å². The molecule has 1 saturated carbocycles. The Balaban J connectivity index is 1.81. The van der Waals surface area contributed by atoms with Crippen molar-refractivity contribution < 1.29 is 14.3 Å². The standard InChI is InChI=1S/C22H29NO3/c1-13(2)17-9-14(3)21(4,19-10-15-6-8-25-20(15)26-19)18-11-16(24)5-7-22(17,18)12-23/h11,14-15,17,19-20H,1,5-10H2,2-4H3/t14-,15+,17+,19+,20-,21+,22-/m1/s1. The second-order valence-electron chi connectivity index (χ2n) is 9.07. The van der Waals surface area contributed by atoms with Gasteiger partial charge in [0.15, 0.2) is 12.1 Å². The summed E-state index contributed by atoms with van der Waals surface area (Å²) >= 11 is 0. The first-order valence-corrected chi connectivity index (χ1v) is 9.92. The summed E-state index contributed by atoms with van der Waals surface area (Å²) in [5, 5.41) is 10.3. The summed E-state index contributed by atoms with van der Waals surface area (Å²) in [6.45, 7) is 11.5. The summed E-state index contributed by atoms with van der Waals surface area (Å²) in [6, 6.07) is 2.65. The summed E-state index contributed by atoms with van der Waals surface area (Å²) < 4.78 is 12.1. The van der Waals surface area contributed by atoms with Crippen LogP contribution in [0.2, 0.25) is 0 Å². The van der Waals surface area contributed by atoms with Crippen molar-refractivity contribution in [2.75, 3.05) is 6.61 Å². The summed E-state index contributed by atoms with van der Waals surface area (Å²) in [6.07, 6.45) is 5.65. The molecule has 0 bridgehead atoms. The lowest BCUT2D eigenvalue weighted by molar-refractivity contribution is -0.153. The van der Waals surface area contributed by atoms with Crippen LogP contribution in [0.5, 0.6) is 0 Å².